The minimum absolute atomic E-state index is 0.0320. The summed E-state index contributed by atoms with van der Waals surface area (Å²) in [4.78, 5) is 60.2. The first kappa shape index (κ1) is 39.1. The second kappa shape index (κ2) is 17.3. The maximum Gasteiger partial charge on any atom is 0.308 e. The maximum atomic E-state index is 13.1. The molecule has 48 heavy (non-hydrogen) atoms. The van der Waals surface area contributed by atoms with E-state index in [9.17, 15) is 19.2 Å². The van der Waals surface area contributed by atoms with Gasteiger partial charge in [0, 0.05) is 18.0 Å². The lowest BCUT2D eigenvalue weighted by Gasteiger charge is -2.36. The van der Waals surface area contributed by atoms with E-state index in [1.807, 2.05) is 32.4 Å². The predicted molar refractivity (Wildman–Crippen MR) is 179 cm³/mol. The Bertz CT molecular complexity index is 1370. The van der Waals surface area contributed by atoms with Crippen LogP contribution in [0.1, 0.15) is 75.7 Å². The molecule has 0 spiro atoms. The fraction of sp³-hybridized carbons (Fsp3) is 0.742. The predicted octanol–water partition coefficient (Wildman–Crippen LogP) is 3.71. The molecule has 5 atom stereocenters. The van der Waals surface area contributed by atoms with Gasteiger partial charge in [0.2, 0.25) is 11.9 Å². The molecule has 1 aromatic rings. The third-order valence-corrected chi connectivity index (χ3v) is 9.49. The second-order valence-corrected chi connectivity index (χ2v) is 14.5. The Morgan fingerprint density at radius 3 is 2.15 bits per heavy atom. The van der Waals surface area contributed by atoms with Gasteiger partial charge in [-0.25, -0.2) is 4.67 Å². The van der Waals surface area contributed by atoms with Gasteiger partial charge >= 0.3 is 11.9 Å². The molecule has 1 unspecified atom stereocenters. The van der Waals surface area contributed by atoms with Crippen molar-refractivity contribution < 1.29 is 37.6 Å². The Labute approximate surface area is 283 Å². The number of hydrogen-bond acceptors (Lipinski definition) is 14. The summed E-state index contributed by atoms with van der Waals surface area (Å²) in [5, 5.41) is 14.7. The van der Waals surface area contributed by atoms with Gasteiger partial charge in [-0.2, -0.15) is 10.2 Å². The zero-order valence-electron chi connectivity index (χ0n) is 29.4. The number of H-pyrrole nitrogens is 1. The highest BCUT2D eigenvalue weighted by atomic mass is 31.2. The number of esters is 2. The number of hydrogen-bond donors (Lipinski definition) is 3. The zero-order chi connectivity index (χ0) is 35.9. The molecule has 1 fully saturated rings. The third kappa shape index (κ3) is 9.63. The number of nitrogens with zero attached hydrogens (tertiary/aromatic N) is 4. The van der Waals surface area contributed by atoms with E-state index in [0.717, 1.165) is 0 Å². The Morgan fingerprint density at radius 2 is 1.60 bits per heavy atom. The highest BCUT2D eigenvalue weighted by Crippen LogP contribution is 2.47. The van der Waals surface area contributed by atoms with Gasteiger partial charge < -0.3 is 33.5 Å². The molecule has 0 saturated carbocycles. The number of nitriles is 1. The van der Waals surface area contributed by atoms with Crippen molar-refractivity contribution in [2.45, 2.75) is 112 Å². The normalized spacial score (nSPS) is 21.2. The molecule has 17 heteroatoms. The van der Waals surface area contributed by atoms with Gasteiger partial charge in [-0.05, 0) is 27.7 Å². The number of rotatable bonds is 16. The topological polar surface area (TPSA) is 197 Å². The van der Waals surface area contributed by atoms with E-state index in [0.29, 0.717) is 0 Å². The van der Waals surface area contributed by atoms with E-state index in [1.165, 1.54) is 0 Å². The second-order valence-electron chi connectivity index (χ2n) is 13.1. The summed E-state index contributed by atoms with van der Waals surface area (Å²) < 4.78 is 32.9. The summed E-state index contributed by atoms with van der Waals surface area (Å²) in [6.07, 6.45) is -4.12. The Balaban J connectivity index is 2.04. The van der Waals surface area contributed by atoms with Crippen molar-refractivity contribution in [1.82, 2.24) is 14.6 Å². The highest BCUT2D eigenvalue weighted by molar-refractivity contribution is 7.44. The minimum atomic E-state index is -1.68. The maximum absolute atomic E-state index is 13.1. The number of aromatic nitrogens is 2. The van der Waals surface area contributed by atoms with Crippen LogP contribution in [0.3, 0.4) is 0 Å². The molecule has 2 aliphatic heterocycles. The van der Waals surface area contributed by atoms with Crippen molar-refractivity contribution in [2.24, 2.45) is 17.8 Å². The van der Waals surface area contributed by atoms with Crippen LogP contribution in [0, 0.1) is 29.1 Å². The molecule has 3 heterocycles. The molecule has 0 bridgehead atoms. The van der Waals surface area contributed by atoms with Crippen molar-refractivity contribution in [2.75, 3.05) is 35.4 Å². The van der Waals surface area contributed by atoms with Gasteiger partial charge in [0.25, 0.3) is 14.1 Å². The lowest BCUT2D eigenvalue weighted by molar-refractivity contribution is -0.171. The summed E-state index contributed by atoms with van der Waals surface area (Å²) in [6, 6.07) is 2.14. The van der Waals surface area contributed by atoms with Crippen molar-refractivity contribution in [3.05, 3.63) is 10.4 Å². The molecule has 3 N–H and O–H groups in total. The van der Waals surface area contributed by atoms with Gasteiger partial charge in [-0.15, -0.1) is 0 Å². The quantitative estimate of drug-likeness (QED) is 0.129. The van der Waals surface area contributed by atoms with Crippen LogP contribution in [0.15, 0.2) is 4.79 Å². The number of ether oxygens (including phenoxy) is 3. The van der Waals surface area contributed by atoms with Gasteiger partial charge in [-0.3, -0.25) is 29.5 Å². The Morgan fingerprint density at radius 1 is 1.00 bits per heavy atom. The Kier molecular flexibility index (Phi) is 14.1. The summed E-state index contributed by atoms with van der Waals surface area (Å²) in [7, 11) is -1.68. The van der Waals surface area contributed by atoms with Crippen LogP contribution in [-0.2, 0) is 37.6 Å². The minimum Gasteiger partial charge on any atom is -0.455 e. The number of carbonyl (C=O) groups excluding carboxylic acids is 3. The molecule has 16 nitrogen and oxygen atoms in total. The molecule has 3 rings (SSSR count). The van der Waals surface area contributed by atoms with Crippen LogP contribution in [0.2, 0.25) is 0 Å². The average molecular weight is 696 g/mol. The molecular weight excluding hydrogens is 645 g/mol. The van der Waals surface area contributed by atoms with Gasteiger partial charge in [0.1, 0.15) is 11.8 Å². The monoisotopic (exact) mass is 695 g/mol. The van der Waals surface area contributed by atoms with Crippen LogP contribution >= 0.6 is 8.53 Å². The van der Waals surface area contributed by atoms with E-state index >= 15 is 0 Å². The van der Waals surface area contributed by atoms with Gasteiger partial charge in [0.15, 0.2) is 24.3 Å². The lowest BCUT2D eigenvalue weighted by atomic mass is 10.1. The van der Waals surface area contributed by atoms with Crippen LogP contribution in [-0.4, -0.2) is 89.0 Å². The third-order valence-electron chi connectivity index (χ3n) is 7.42. The van der Waals surface area contributed by atoms with E-state index in [1.54, 1.807) is 46.4 Å². The first-order valence-corrected chi connectivity index (χ1v) is 17.4. The van der Waals surface area contributed by atoms with Gasteiger partial charge in [-0.1, -0.05) is 41.5 Å². The smallest absolute Gasteiger partial charge is 0.308 e. The molecule has 2 aliphatic rings. The van der Waals surface area contributed by atoms with Gasteiger partial charge in [0.05, 0.1) is 44.2 Å². The number of carbonyl (C=O) groups is 3. The average Bonchev–Trinajstić information content (AvgIpc) is 3.56. The summed E-state index contributed by atoms with van der Waals surface area (Å²) in [6.45, 7) is 18.2. The zero-order valence-corrected chi connectivity index (χ0v) is 30.3. The van der Waals surface area contributed by atoms with Crippen LogP contribution in [0.25, 0.3) is 0 Å². The lowest BCUT2D eigenvalue weighted by Crippen LogP contribution is -2.48. The highest BCUT2D eigenvalue weighted by Gasteiger charge is 2.54. The first-order valence-electron chi connectivity index (χ1n) is 16.3. The molecule has 0 aliphatic carbocycles. The number of nitrogens with one attached hydrogen (secondary N) is 3. The van der Waals surface area contributed by atoms with E-state index in [4.69, 9.17) is 28.5 Å². The SMILES string of the molecule is CC(C)C(=O)Nc1nc2c(c(=O)[nH]1)NCN2[C@@H]1O[C@H](COP(OCCC#N)N(C(C)C)C(C)C)[C@@H](OC(=O)C(C)C)[C@H]1OC(=O)C(C)C. The van der Waals surface area contributed by atoms with Crippen LogP contribution < -0.4 is 21.1 Å². The Hall–Kier alpha value is -3.35. The summed E-state index contributed by atoms with van der Waals surface area (Å²) >= 11 is 0. The molecule has 1 saturated heterocycles. The fourth-order valence-electron chi connectivity index (χ4n) is 4.95. The molecule has 0 aromatic carbocycles. The van der Waals surface area contributed by atoms with Crippen molar-refractivity contribution in [3.63, 3.8) is 0 Å². The van der Waals surface area contributed by atoms with Crippen LogP contribution in [0.5, 0.6) is 0 Å². The van der Waals surface area contributed by atoms with Crippen LogP contribution in [0.4, 0.5) is 17.5 Å². The molecular formula is C31H50N7O9P. The fourth-order valence-corrected chi connectivity index (χ4v) is 6.57. The summed E-state index contributed by atoms with van der Waals surface area (Å²) in [5.74, 6) is -2.74. The number of aromatic amines is 1. The van der Waals surface area contributed by atoms with Crippen molar-refractivity contribution in [3.8, 4) is 6.07 Å². The van der Waals surface area contributed by atoms with E-state index < -0.39 is 62.4 Å². The van der Waals surface area contributed by atoms with Crippen molar-refractivity contribution >= 4 is 43.8 Å². The van der Waals surface area contributed by atoms with E-state index in [-0.39, 0.29) is 67.7 Å². The van der Waals surface area contributed by atoms with Crippen molar-refractivity contribution in [1.29, 1.82) is 5.26 Å². The van der Waals surface area contributed by atoms with E-state index in [2.05, 4.69) is 26.7 Å². The first-order chi connectivity index (χ1) is 22.6. The molecule has 268 valence electrons. The molecule has 1 amide bonds. The largest absolute Gasteiger partial charge is 0.455 e. The summed E-state index contributed by atoms with van der Waals surface area (Å²) in [5.41, 5.74) is -0.398. The standard InChI is InChI=1S/C31H50N7O9P/c1-16(2)26(39)35-31-34-25-22(27(40)36-31)33-15-37(25)28-24(47-30(42)18(5)6)23(46-29(41)17(3)4)21(45-28)14-44-48(43-13-11-12-32)38(19(7)8)20(9)10/h16-21,23-24,28,33H,11,13-15H2,1-10H3,(H2,34,35,36,39,40)/t21-,23-,24-,28-,48?/m1/s1. The molecule has 0 radical (unpaired) electrons. The number of amides is 1. The molecule has 1 aromatic heterocycles. The number of anilines is 3. The number of fused-ring (bicyclic) bond motifs is 1.